The second kappa shape index (κ2) is 4.23. The fraction of sp³-hybridized carbons (Fsp3) is 0.600. The predicted molar refractivity (Wildman–Crippen MR) is 56.1 cm³/mol. The second-order valence-corrected chi connectivity index (χ2v) is 4.04. The van der Waals surface area contributed by atoms with Crippen LogP contribution < -0.4 is 11.2 Å². The third-order valence-corrected chi connectivity index (χ3v) is 2.88. The summed E-state index contributed by atoms with van der Waals surface area (Å²) in [6, 6.07) is 1.28. The number of aromatic amines is 1. The van der Waals surface area contributed by atoms with E-state index in [2.05, 4.69) is 4.98 Å². The van der Waals surface area contributed by atoms with Gasteiger partial charge in [0.25, 0.3) is 5.56 Å². The minimum Gasteiger partial charge on any atom is -0.394 e. The number of hydrogen-bond donors (Lipinski definition) is 2. The topological polar surface area (TPSA) is 84.3 Å². The van der Waals surface area contributed by atoms with Crippen LogP contribution in [0.1, 0.15) is 19.6 Å². The van der Waals surface area contributed by atoms with Gasteiger partial charge in [0.15, 0.2) is 0 Å². The van der Waals surface area contributed by atoms with E-state index in [9.17, 15) is 9.59 Å². The van der Waals surface area contributed by atoms with Gasteiger partial charge in [0, 0.05) is 12.3 Å². The summed E-state index contributed by atoms with van der Waals surface area (Å²) in [7, 11) is 0. The Morgan fingerprint density at radius 1 is 1.62 bits per heavy atom. The lowest BCUT2D eigenvalue weighted by molar-refractivity contribution is -0.0313. The zero-order valence-electron chi connectivity index (χ0n) is 8.92. The van der Waals surface area contributed by atoms with Crippen molar-refractivity contribution in [3.63, 3.8) is 0 Å². The van der Waals surface area contributed by atoms with Gasteiger partial charge in [-0.25, -0.2) is 4.79 Å². The van der Waals surface area contributed by atoms with Crippen LogP contribution in [0.15, 0.2) is 21.9 Å². The summed E-state index contributed by atoms with van der Waals surface area (Å²) in [4.78, 5) is 24.6. The van der Waals surface area contributed by atoms with Crippen molar-refractivity contribution in [2.45, 2.75) is 25.7 Å². The van der Waals surface area contributed by atoms with E-state index >= 15 is 0 Å². The highest BCUT2D eigenvalue weighted by Crippen LogP contribution is 2.31. The molecule has 1 unspecified atom stereocenters. The molecule has 2 heterocycles. The predicted octanol–water partition coefficient (Wildman–Crippen LogP) is -0.548. The molecule has 1 fully saturated rings. The van der Waals surface area contributed by atoms with Crippen LogP contribution in [0.2, 0.25) is 0 Å². The standard InChI is InChI=1S/C10H14N2O4/c1-6-4-9(16-7(6)5-13)12-3-2-8(14)11-10(12)15/h2-3,6-7,9,13H,4-5H2,1H3,(H,11,14,15)/t6?,7-,9+/m1/s1. The summed E-state index contributed by atoms with van der Waals surface area (Å²) >= 11 is 0. The van der Waals surface area contributed by atoms with E-state index in [0.717, 1.165) is 0 Å². The molecular formula is C10H14N2O4. The number of aliphatic hydroxyl groups is 1. The lowest BCUT2D eigenvalue weighted by Gasteiger charge is -2.14. The summed E-state index contributed by atoms with van der Waals surface area (Å²) in [5.74, 6) is 0.189. The molecule has 6 nitrogen and oxygen atoms in total. The van der Waals surface area contributed by atoms with E-state index in [1.807, 2.05) is 6.92 Å². The Labute approximate surface area is 91.5 Å². The van der Waals surface area contributed by atoms with Gasteiger partial charge in [0.05, 0.1) is 12.7 Å². The number of nitrogens with one attached hydrogen (secondary N) is 1. The molecule has 1 aliphatic heterocycles. The number of aromatic nitrogens is 2. The van der Waals surface area contributed by atoms with Gasteiger partial charge in [-0.15, -0.1) is 0 Å². The Balaban J connectivity index is 2.27. The maximum atomic E-state index is 11.5. The molecule has 2 N–H and O–H groups in total. The Morgan fingerprint density at radius 3 is 2.94 bits per heavy atom. The van der Waals surface area contributed by atoms with Crippen molar-refractivity contribution in [1.82, 2.24) is 9.55 Å². The summed E-state index contributed by atoms with van der Waals surface area (Å²) in [5.41, 5.74) is -0.908. The van der Waals surface area contributed by atoms with Gasteiger partial charge < -0.3 is 9.84 Å². The van der Waals surface area contributed by atoms with E-state index in [1.54, 1.807) is 0 Å². The van der Waals surface area contributed by atoms with Gasteiger partial charge in [0.2, 0.25) is 0 Å². The van der Waals surface area contributed by atoms with Crippen molar-refractivity contribution in [2.24, 2.45) is 5.92 Å². The lowest BCUT2D eigenvalue weighted by atomic mass is 10.0. The number of rotatable bonds is 2. The quantitative estimate of drug-likeness (QED) is 0.708. The molecule has 16 heavy (non-hydrogen) atoms. The number of aliphatic hydroxyl groups excluding tert-OH is 1. The molecule has 0 saturated carbocycles. The van der Waals surface area contributed by atoms with Gasteiger partial charge in [-0.05, 0) is 12.3 Å². The largest absolute Gasteiger partial charge is 0.394 e. The number of ether oxygens (including phenoxy) is 1. The van der Waals surface area contributed by atoms with E-state index in [4.69, 9.17) is 9.84 Å². The average Bonchev–Trinajstić information content (AvgIpc) is 2.59. The van der Waals surface area contributed by atoms with Crippen LogP contribution in [0.5, 0.6) is 0 Å². The zero-order valence-corrected chi connectivity index (χ0v) is 8.92. The molecule has 1 aromatic heterocycles. The number of H-pyrrole nitrogens is 1. The molecule has 0 radical (unpaired) electrons. The highest BCUT2D eigenvalue weighted by atomic mass is 16.5. The maximum Gasteiger partial charge on any atom is 0.330 e. The van der Waals surface area contributed by atoms with Crippen LogP contribution in [0.3, 0.4) is 0 Å². The van der Waals surface area contributed by atoms with Crippen molar-refractivity contribution in [2.75, 3.05) is 6.61 Å². The lowest BCUT2D eigenvalue weighted by Crippen LogP contribution is -2.31. The van der Waals surface area contributed by atoms with Gasteiger partial charge in [-0.3, -0.25) is 14.3 Å². The molecule has 0 amide bonds. The minimum absolute atomic E-state index is 0.0598. The molecule has 1 aliphatic rings. The normalized spacial score (nSPS) is 29.5. The second-order valence-electron chi connectivity index (χ2n) is 4.04. The van der Waals surface area contributed by atoms with Gasteiger partial charge in [0.1, 0.15) is 6.23 Å². The first-order valence-corrected chi connectivity index (χ1v) is 5.19. The molecule has 1 saturated heterocycles. The van der Waals surface area contributed by atoms with Gasteiger partial charge >= 0.3 is 5.69 Å². The van der Waals surface area contributed by atoms with Gasteiger partial charge in [-0.1, -0.05) is 6.92 Å². The molecule has 0 aromatic carbocycles. The van der Waals surface area contributed by atoms with Crippen LogP contribution in [-0.4, -0.2) is 27.4 Å². The first kappa shape index (κ1) is 11.1. The molecule has 2 rings (SSSR count). The maximum absolute atomic E-state index is 11.5. The molecule has 0 bridgehead atoms. The van der Waals surface area contributed by atoms with E-state index in [0.29, 0.717) is 6.42 Å². The zero-order chi connectivity index (χ0) is 11.7. The summed E-state index contributed by atoms with van der Waals surface area (Å²) in [5, 5.41) is 9.04. The fourth-order valence-electron chi connectivity index (χ4n) is 1.92. The van der Waals surface area contributed by atoms with Crippen LogP contribution >= 0.6 is 0 Å². The smallest absolute Gasteiger partial charge is 0.330 e. The minimum atomic E-state index is -0.483. The van der Waals surface area contributed by atoms with Crippen LogP contribution in [0, 0.1) is 5.92 Å². The van der Waals surface area contributed by atoms with Crippen LogP contribution in [-0.2, 0) is 4.74 Å². The number of nitrogens with zero attached hydrogens (tertiary/aromatic N) is 1. The van der Waals surface area contributed by atoms with Gasteiger partial charge in [-0.2, -0.15) is 0 Å². The number of hydrogen-bond acceptors (Lipinski definition) is 4. The summed E-state index contributed by atoms with van der Waals surface area (Å²) in [6.45, 7) is 1.90. The Hall–Kier alpha value is -1.40. The van der Waals surface area contributed by atoms with Crippen LogP contribution in [0.25, 0.3) is 0 Å². The summed E-state index contributed by atoms with van der Waals surface area (Å²) < 4.78 is 6.86. The molecule has 3 atom stereocenters. The molecule has 1 aromatic rings. The highest BCUT2D eigenvalue weighted by Gasteiger charge is 2.32. The fourth-order valence-corrected chi connectivity index (χ4v) is 1.92. The average molecular weight is 226 g/mol. The third kappa shape index (κ3) is 1.94. The van der Waals surface area contributed by atoms with Crippen molar-refractivity contribution < 1.29 is 9.84 Å². The van der Waals surface area contributed by atoms with E-state index in [1.165, 1.54) is 16.8 Å². The van der Waals surface area contributed by atoms with Crippen molar-refractivity contribution >= 4 is 0 Å². The Morgan fingerprint density at radius 2 is 2.38 bits per heavy atom. The Kier molecular flexibility index (Phi) is 2.93. The van der Waals surface area contributed by atoms with E-state index < -0.39 is 17.5 Å². The third-order valence-electron chi connectivity index (χ3n) is 2.88. The Bertz CT molecular complexity index is 478. The molecular weight excluding hydrogens is 212 g/mol. The first-order chi connectivity index (χ1) is 7.61. The van der Waals surface area contributed by atoms with E-state index in [-0.39, 0.29) is 18.6 Å². The molecule has 0 aliphatic carbocycles. The molecule has 0 spiro atoms. The van der Waals surface area contributed by atoms with Crippen molar-refractivity contribution in [1.29, 1.82) is 0 Å². The summed E-state index contributed by atoms with van der Waals surface area (Å²) in [6.07, 6.45) is 1.41. The molecule has 6 heteroatoms. The van der Waals surface area contributed by atoms with Crippen molar-refractivity contribution in [3.8, 4) is 0 Å². The SMILES string of the molecule is CC1C[C@@H](n2ccc(=O)[nH]c2=O)O[C@@H]1CO. The first-order valence-electron chi connectivity index (χ1n) is 5.19. The van der Waals surface area contributed by atoms with Crippen LogP contribution in [0.4, 0.5) is 0 Å². The molecule has 88 valence electrons. The highest BCUT2D eigenvalue weighted by molar-refractivity contribution is 4.87. The van der Waals surface area contributed by atoms with Crippen molar-refractivity contribution in [3.05, 3.63) is 33.1 Å². The monoisotopic (exact) mass is 226 g/mol.